The lowest BCUT2D eigenvalue weighted by molar-refractivity contribution is -0.121. The number of ether oxygens (including phenoxy) is 2. The fraction of sp³-hybridized carbons (Fsp3) is 0.429. The van der Waals surface area contributed by atoms with E-state index in [2.05, 4.69) is 10.2 Å². The Labute approximate surface area is 207 Å². The lowest BCUT2D eigenvalue weighted by atomic mass is 10.0. The second-order valence-electron chi connectivity index (χ2n) is 9.31. The van der Waals surface area contributed by atoms with Gasteiger partial charge in [-0.1, -0.05) is 31.0 Å². The van der Waals surface area contributed by atoms with Crippen LogP contribution >= 0.6 is 0 Å². The average molecular weight is 475 g/mol. The molecule has 5 rings (SSSR count). The minimum Gasteiger partial charge on any atom is -0.454 e. The molecule has 0 aliphatic carbocycles. The van der Waals surface area contributed by atoms with Crippen molar-refractivity contribution in [2.45, 2.75) is 44.9 Å². The largest absolute Gasteiger partial charge is 0.454 e. The summed E-state index contributed by atoms with van der Waals surface area (Å²) in [5.74, 6) is 1.56. The zero-order valence-electron chi connectivity index (χ0n) is 20.2. The SMILES string of the molecule is O=C(CCc1cn(-c2ccccc2)nc1-c1ccc2c(c1)OCO2)NCCCN1CCCCCC1. The molecule has 0 atom stereocenters. The molecule has 0 unspecified atom stereocenters. The van der Waals surface area contributed by atoms with E-state index in [0.29, 0.717) is 12.8 Å². The number of amides is 1. The maximum atomic E-state index is 12.6. The topological polar surface area (TPSA) is 68.6 Å². The van der Waals surface area contributed by atoms with Crippen molar-refractivity contribution in [1.82, 2.24) is 20.0 Å². The number of hydrogen-bond acceptors (Lipinski definition) is 5. The molecule has 35 heavy (non-hydrogen) atoms. The van der Waals surface area contributed by atoms with Crippen molar-refractivity contribution in [2.75, 3.05) is 33.0 Å². The average Bonchev–Trinajstić information content (AvgIpc) is 3.46. The summed E-state index contributed by atoms with van der Waals surface area (Å²) in [6, 6.07) is 15.9. The molecule has 184 valence electrons. The van der Waals surface area contributed by atoms with Crippen LogP contribution in [0.15, 0.2) is 54.7 Å². The van der Waals surface area contributed by atoms with Crippen LogP contribution in [0.3, 0.4) is 0 Å². The molecule has 1 amide bonds. The third-order valence-corrected chi connectivity index (χ3v) is 6.75. The normalized spacial score (nSPS) is 15.7. The molecule has 3 heterocycles. The number of carbonyl (C=O) groups excluding carboxylic acids is 1. The van der Waals surface area contributed by atoms with Gasteiger partial charge in [0.2, 0.25) is 12.7 Å². The second-order valence-corrected chi connectivity index (χ2v) is 9.31. The number of carbonyl (C=O) groups is 1. The summed E-state index contributed by atoms with van der Waals surface area (Å²) < 4.78 is 12.9. The first-order valence-electron chi connectivity index (χ1n) is 12.8. The molecule has 0 radical (unpaired) electrons. The van der Waals surface area contributed by atoms with Gasteiger partial charge in [-0.15, -0.1) is 0 Å². The van der Waals surface area contributed by atoms with Gasteiger partial charge in [0.15, 0.2) is 11.5 Å². The van der Waals surface area contributed by atoms with E-state index in [4.69, 9.17) is 14.6 Å². The first-order chi connectivity index (χ1) is 17.3. The number of nitrogens with one attached hydrogen (secondary N) is 1. The van der Waals surface area contributed by atoms with Gasteiger partial charge in [0.25, 0.3) is 0 Å². The quantitative estimate of drug-likeness (QED) is 0.460. The van der Waals surface area contributed by atoms with Gasteiger partial charge in [-0.25, -0.2) is 4.68 Å². The second kappa shape index (κ2) is 11.4. The van der Waals surface area contributed by atoms with Gasteiger partial charge in [-0.3, -0.25) is 4.79 Å². The lowest BCUT2D eigenvalue weighted by Crippen LogP contribution is -2.30. The smallest absolute Gasteiger partial charge is 0.231 e. The Morgan fingerprint density at radius 3 is 2.60 bits per heavy atom. The van der Waals surface area contributed by atoms with E-state index in [0.717, 1.165) is 53.5 Å². The molecule has 2 aliphatic heterocycles. The zero-order chi connectivity index (χ0) is 23.9. The Morgan fingerprint density at radius 1 is 0.971 bits per heavy atom. The number of para-hydroxylation sites is 1. The fourth-order valence-corrected chi connectivity index (χ4v) is 4.82. The summed E-state index contributed by atoms with van der Waals surface area (Å²) in [5.41, 5.74) is 3.84. The predicted molar refractivity (Wildman–Crippen MR) is 136 cm³/mol. The van der Waals surface area contributed by atoms with E-state index < -0.39 is 0 Å². The Morgan fingerprint density at radius 2 is 1.77 bits per heavy atom. The maximum Gasteiger partial charge on any atom is 0.231 e. The van der Waals surface area contributed by atoms with Crippen molar-refractivity contribution in [3.8, 4) is 28.4 Å². The number of nitrogens with zero attached hydrogens (tertiary/aromatic N) is 3. The number of rotatable bonds is 9. The summed E-state index contributed by atoms with van der Waals surface area (Å²) in [6.45, 7) is 4.43. The van der Waals surface area contributed by atoms with Gasteiger partial charge >= 0.3 is 0 Å². The molecule has 3 aromatic rings. The summed E-state index contributed by atoms with van der Waals surface area (Å²) >= 11 is 0. The van der Waals surface area contributed by atoms with Crippen LogP contribution in [0.5, 0.6) is 11.5 Å². The van der Waals surface area contributed by atoms with Gasteiger partial charge in [0, 0.05) is 24.7 Å². The number of likely N-dealkylation sites (tertiary alicyclic amines) is 1. The number of fused-ring (bicyclic) bond motifs is 1. The van der Waals surface area contributed by atoms with Gasteiger partial charge in [-0.2, -0.15) is 5.10 Å². The minimum atomic E-state index is 0.0879. The van der Waals surface area contributed by atoms with Crippen LogP contribution in [0, 0.1) is 0 Å². The Balaban J connectivity index is 1.22. The molecule has 7 heteroatoms. The molecule has 1 aromatic heterocycles. The van der Waals surface area contributed by atoms with Gasteiger partial charge in [0.05, 0.1) is 11.4 Å². The molecule has 2 aromatic carbocycles. The third-order valence-electron chi connectivity index (χ3n) is 6.75. The summed E-state index contributed by atoms with van der Waals surface area (Å²) in [6.07, 6.45) is 9.38. The zero-order valence-corrected chi connectivity index (χ0v) is 20.2. The van der Waals surface area contributed by atoms with Crippen LogP contribution in [0.4, 0.5) is 0 Å². The fourth-order valence-electron chi connectivity index (χ4n) is 4.82. The number of aromatic nitrogens is 2. The van der Waals surface area contributed by atoms with Crippen LogP contribution < -0.4 is 14.8 Å². The Bertz CT molecular complexity index is 1120. The molecule has 0 spiro atoms. The highest BCUT2D eigenvalue weighted by Crippen LogP contribution is 2.36. The van der Waals surface area contributed by atoms with E-state index in [1.165, 1.54) is 38.8 Å². The van der Waals surface area contributed by atoms with Crippen molar-refractivity contribution in [2.24, 2.45) is 0 Å². The summed E-state index contributed by atoms with van der Waals surface area (Å²) in [5, 5.41) is 7.98. The van der Waals surface area contributed by atoms with Crippen LogP contribution in [-0.2, 0) is 11.2 Å². The number of hydrogen-bond donors (Lipinski definition) is 1. The Hall–Kier alpha value is -3.32. The van der Waals surface area contributed by atoms with Gasteiger partial charge in [0.1, 0.15) is 0 Å². The molecule has 0 saturated carbocycles. The van der Waals surface area contributed by atoms with Crippen molar-refractivity contribution in [3.63, 3.8) is 0 Å². The van der Waals surface area contributed by atoms with Crippen LogP contribution in [0.2, 0.25) is 0 Å². The summed E-state index contributed by atoms with van der Waals surface area (Å²) in [4.78, 5) is 15.1. The monoisotopic (exact) mass is 474 g/mol. The molecule has 7 nitrogen and oxygen atoms in total. The lowest BCUT2D eigenvalue weighted by Gasteiger charge is -2.19. The predicted octanol–water partition coefficient (Wildman–Crippen LogP) is 4.58. The molecule has 0 bridgehead atoms. The first-order valence-corrected chi connectivity index (χ1v) is 12.8. The molecular formula is C28H34N4O3. The minimum absolute atomic E-state index is 0.0879. The number of benzene rings is 2. The van der Waals surface area contributed by atoms with Crippen LogP contribution in [0.25, 0.3) is 16.9 Å². The molecule has 1 N–H and O–H groups in total. The van der Waals surface area contributed by atoms with Crippen molar-refractivity contribution in [1.29, 1.82) is 0 Å². The maximum absolute atomic E-state index is 12.6. The molecule has 1 saturated heterocycles. The molecule has 2 aliphatic rings. The molecular weight excluding hydrogens is 440 g/mol. The van der Waals surface area contributed by atoms with Gasteiger partial charge < -0.3 is 19.7 Å². The highest BCUT2D eigenvalue weighted by Gasteiger charge is 2.18. The standard InChI is InChI=1S/C28H34N4O3/c33-27(29-15-8-18-31-16-6-1-2-7-17-31)14-12-23-20-32(24-9-4-3-5-10-24)30-28(23)22-11-13-25-26(19-22)35-21-34-25/h3-5,9-11,13,19-20H,1-2,6-8,12,14-18,21H2,(H,29,33). The molecule has 1 fully saturated rings. The Kier molecular flexibility index (Phi) is 7.63. The highest BCUT2D eigenvalue weighted by atomic mass is 16.7. The van der Waals surface area contributed by atoms with E-state index in [1.807, 2.05) is 59.4 Å². The summed E-state index contributed by atoms with van der Waals surface area (Å²) in [7, 11) is 0. The van der Waals surface area contributed by atoms with Crippen molar-refractivity contribution >= 4 is 5.91 Å². The van der Waals surface area contributed by atoms with Crippen molar-refractivity contribution < 1.29 is 14.3 Å². The highest BCUT2D eigenvalue weighted by molar-refractivity contribution is 5.77. The van der Waals surface area contributed by atoms with E-state index in [9.17, 15) is 4.79 Å². The van der Waals surface area contributed by atoms with Crippen molar-refractivity contribution in [3.05, 3.63) is 60.3 Å². The van der Waals surface area contributed by atoms with E-state index >= 15 is 0 Å². The van der Waals surface area contributed by atoms with Crippen LogP contribution in [-0.4, -0.2) is 53.6 Å². The number of aryl methyl sites for hydroxylation is 1. The van der Waals surface area contributed by atoms with E-state index in [-0.39, 0.29) is 12.7 Å². The first kappa shape index (κ1) is 23.4. The van der Waals surface area contributed by atoms with Crippen LogP contribution in [0.1, 0.15) is 44.1 Å². The van der Waals surface area contributed by atoms with E-state index in [1.54, 1.807) is 0 Å². The third kappa shape index (κ3) is 6.03. The van der Waals surface area contributed by atoms with Gasteiger partial charge in [-0.05, 0) is 81.2 Å².